The van der Waals surface area contributed by atoms with Gasteiger partial charge in [-0.05, 0) is 25.3 Å². The Kier molecular flexibility index (Phi) is 5.65. The number of aromatic nitrogens is 1. The van der Waals surface area contributed by atoms with E-state index in [0.29, 0.717) is 13.0 Å². The molecule has 1 amide bonds. The number of nitrogens with zero attached hydrogens (tertiary/aromatic N) is 2. The van der Waals surface area contributed by atoms with Crippen LogP contribution < -0.4 is 5.32 Å². The number of thiazole rings is 1. The maximum Gasteiger partial charge on any atom is 0.226 e. The first-order chi connectivity index (χ1) is 11.5. The molecule has 0 atom stereocenters. The Morgan fingerprint density at radius 1 is 1.38 bits per heavy atom. The minimum atomic E-state index is -0.0658. The molecule has 0 saturated carbocycles. The van der Waals surface area contributed by atoms with E-state index < -0.39 is 0 Å². The maximum absolute atomic E-state index is 12.3. The molecule has 5 nitrogen and oxygen atoms in total. The Morgan fingerprint density at radius 2 is 2.17 bits per heavy atom. The van der Waals surface area contributed by atoms with Gasteiger partial charge in [0, 0.05) is 30.6 Å². The Morgan fingerprint density at radius 3 is 2.88 bits per heavy atom. The second kappa shape index (κ2) is 7.74. The van der Waals surface area contributed by atoms with Crippen LogP contribution in [0, 0.1) is 0 Å². The number of carbonyl (C=O) groups excluding carboxylic acids is 1. The van der Waals surface area contributed by atoms with Crippen LogP contribution in [0.2, 0.25) is 0 Å². The fourth-order valence-corrected chi connectivity index (χ4v) is 4.36. The molecule has 0 radical (unpaired) electrons. The molecule has 0 aromatic carbocycles. The molecular weight excluding hydrogens is 342 g/mol. The second-order valence-electron chi connectivity index (χ2n) is 6.49. The molecule has 1 aliphatic heterocycles. The molecule has 2 aromatic heterocycles. The number of rotatable bonds is 6. The first-order valence-electron chi connectivity index (χ1n) is 8.12. The summed E-state index contributed by atoms with van der Waals surface area (Å²) < 4.78 is 5.40. The van der Waals surface area contributed by atoms with Crippen LogP contribution in [-0.4, -0.2) is 54.2 Å². The van der Waals surface area contributed by atoms with Crippen LogP contribution in [0.25, 0.3) is 9.88 Å². The molecular formula is C17H23N3O2S2. The van der Waals surface area contributed by atoms with Crippen molar-refractivity contribution in [1.82, 2.24) is 15.2 Å². The first kappa shape index (κ1) is 17.5. The largest absolute Gasteiger partial charge is 0.379 e. The predicted molar refractivity (Wildman–Crippen MR) is 98.6 cm³/mol. The summed E-state index contributed by atoms with van der Waals surface area (Å²) in [6.07, 6.45) is 0.334. The Labute approximate surface area is 150 Å². The summed E-state index contributed by atoms with van der Waals surface area (Å²) in [5, 5.41) is 8.06. The zero-order valence-electron chi connectivity index (χ0n) is 14.1. The van der Waals surface area contributed by atoms with Crippen molar-refractivity contribution >= 4 is 28.6 Å². The molecule has 0 spiro atoms. The highest BCUT2D eigenvalue weighted by molar-refractivity contribution is 7.20. The molecule has 1 fully saturated rings. The molecule has 24 heavy (non-hydrogen) atoms. The Hall–Kier alpha value is -1.28. The van der Waals surface area contributed by atoms with Gasteiger partial charge >= 0.3 is 0 Å². The van der Waals surface area contributed by atoms with Gasteiger partial charge in [-0.1, -0.05) is 6.07 Å². The van der Waals surface area contributed by atoms with Gasteiger partial charge in [0.1, 0.15) is 5.01 Å². The molecule has 0 aliphatic carbocycles. The SMILES string of the molecule is CC(C)(CNC(=O)Cc1csc(-c2cccs2)n1)N1CCOCC1. The molecule has 3 heterocycles. The van der Waals surface area contributed by atoms with Gasteiger partial charge in [0.15, 0.2) is 0 Å². The monoisotopic (exact) mass is 365 g/mol. The average molecular weight is 366 g/mol. The van der Waals surface area contributed by atoms with E-state index in [4.69, 9.17) is 4.74 Å². The molecule has 1 N–H and O–H groups in total. The fraction of sp³-hybridized carbons (Fsp3) is 0.529. The van der Waals surface area contributed by atoms with Crippen molar-refractivity contribution in [1.29, 1.82) is 0 Å². The van der Waals surface area contributed by atoms with Gasteiger partial charge in [0.25, 0.3) is 0 Å². The lowest BCUT2D eigenvalue weighted by atomic mass is 10.0. The van der Waals surface area contributed by atoms with Gasteiger partial charge in [-0.3, -0.25) is 9.69 Å². The van der Waals surface area contributed by atoms with E-state index in [9.17, 15) is 4.79 Å². The molecule has 0 bridgehead atoms. The highest BCUT2D eigenvalue weighted by Gasteiger charge is 2.28. The lowest BCUT2D eigenvalue weighted by Gasteiger charge is -2.40. The smallest absolute Gasteiger partial charge is 0.226 e. The molecule has 2 aromatic rings. The maximum atomic E-state index is 12.3. The summed E-state index contributed by atoms with van der Waals surface area (Å²) in [5.74, 6) is 0.0272. The number of hydrogen-bond donors (Lipinski definition) is 1. The van der Waals surface area contributed by atoms with E-state index in [1.54, 1.807) is 22.7 Å². The Bertz CT molecular complexity index is 661. The highest BCUT2D eigenvalue weighted by atomic mass is 32.1. The van der Waals surface area contributed by atoms with Gasteiger partial charge in [0.05, 0.1) is 30.2 Å². The van der Waals surface area contributed by atoms with Gasteiger partial charge in [-0.15, -0.1) is 22.7 Å². The first-order valence-corrected chi connectivity index (χ1v) is 9.88. The predicted octanol–water partition coefficient (Wildman–Crippen LogP) is 2.64. The fourth-order valence-electron chi connectivity index (χ4n) is 2.72. The third kappa shape index (κ3) is 4.42. The van der Waals surface area contributed by atoms with Crippen LogP contribution in [0.4, 0.5) is 0 Å². The lowest BCUT2D eigenvalue weighted by molar-refractivity contribution is -0.121. The van der Waals surface area contributed by atoms with Crippen molar-refractivity contribution in [2.45, 2.75) is 25.8 Å². The number of ether oxygens (including phenoxy) is 1. The second-order valence-corrected chi connectivity index (χ2v) is 8.29. The summed E-state index contributed by atoms with van der Waals surface area (Å²) in [5.41, 5.74) is 0.772. The summed E-state index contributed by atoms with van der Waals surface area (Å²) in [4.78, 5) is 20.3. The van der Waals surface area contributed by atoms with Gasteiger partial charge < -0.3 is 10.1 Å². The minimum Gasteiger partial charge on any atom is -0.379 e. The van der Waals surface area contributed by atoms with Crippen LogP contribution in [0.15, 0.2) is 22.9 Å². The van der Waals surface area contributed by atoms with E-state index in [1.807, 2.05) is 16.8 Å². The van der Waals surface area contributed by atoms with E-state index in [-0.39, 0.29) is 11.4 Å². The van der Waals surface area contributed by atoms with Crippen LogP contribution >= 0.6 is 22.7 Å². The summed E-state index contributed by atoms with van der Waals surface area (Å²) in [6.45, 7) is 8.32. The number of amides is 1. The normalized spacial score (nSPS) is 16.2. The van der Waals surface area contributed by atoms with Crippen molar-refractivity contribution in [3.63, 3.8) is 0 Å². The molecule has 0 unspecified atom stereocenters. The summed E-state index contributed by atoms with van der Waals surface area (Å²) in [6, 6.07) is 4.07. The van der Waals surface area contributed by atoms with E-state index in [1.165, 1.54) is 0 Å². The molecule has 1 saturated heterocycles. The molecule has 130 valence electrons. The number of thiophene rings is 1. The van der Waals surface area contributed by atoms with Crippen LogP contribution in [0.3, 0.4) is 0 Å². The van der Waals surface area contributed by atoms with Crippen LogP contribution in [0.1, 0.15) is 19.5 Å². The minimum absolute atomic E-state index is 0.0272. The van der Waals surface area contributed by atoms with Crippen molar-refractivity contribution in [2.24, 2.45) is 0 Å². The standard InChI is InChI=1S/C17H23N3O2S2/c1-17(2,20-5-7-22-8-6-20)12-18-15(21)10-13-11-24-16(19-13)14-4-3-9-23-14/h3-4,9,11H,5-8,10,12H2,1-2H3,(H,18,21). The van der Waals surface area contributed by atoms with Gasteiger partial charge in [-0.2, -0.15) is 0 Å². The van der Waals surface area contributed by atoms with E-state index in [2.05, 4.69) is 35.1 Å². The topological polar surface area (TPSA) is 54.5 Å². The number of nitrogens with one attached hydrogen (secondary N) is 1. The zero-order valence-corrected chi connectivity index (χ0v) is 15.7. The number of morpholine rings is 1. The van der Waals surface area contributed by atoms with Crippen molar-refractivity contribution in [2.75, 3.05) is 32.8 Å². The third-order valence-corrected chi connectivity index (χ3v) is 6.14. The highest BCUT2D eigenvalue weighted by Crippen LogP contribution is 2.27. The third-order valence-electron chi connectivity index (χ3n) is 4.21. The molecule has 3 rings (SSSR count). The summed E-state index contributed by atoms with van der Waals surface area (Å²) >= 11 is 3.26. The number of hydrogen-bond acceptors (Lipinski definition) is 6. The summed E-state index contributed by atoms with van der Waals surface area (Å²) in [7, 11) is 0. The quantitative estimate of drug-likeness (QED) is 0.855. The van der Waals surface area contributed by atoms with Crippen molar-refractivity contribution in [3.8, 4) is 9.88 Å². The van der Waals surface area contributed by atoms with Crippen LogP contribution in [-0.2, 0) is 16.0 Å². The molecule has 7 heteroatoms. The van der Waals surface area contributed by atoms with Crippen LogP contribution in [0.5, 0.6) is 0 Å². The Balaban J connectivity index is 1.50. The average Bonchev–Trinajstić information content (AvgIpc) is 3.25. The zero-order chi connectivity index (χ0) is 17.0. The lowest BCUT2D eigenvalue weighted by Crippen LogP contribution is -2.55. The molecule has 1 aliphatic rings. The van der Waals surface area contributed by atoms with Gasteiger partial charge in [-0.25, -0.2) is 4.98 Å². The van der Waals surface area contributed by atoms with Crippen molar-refractivity contribution in [3.05, 3.63) is 28.6 Å². The number of carbonyl (C=O) groups is 1. The van der Waals surface area contributed by atoms with E-state index in [0.717, 1.165) is 41.9 Å². The van der Waals surface area contributed by atoms with Crippen molar-refractivity contribution < 1.29 is 9.53 Å². The van der Waals surface area contributed by atoms with E-state index >= 15 is 0 Å². The van der Waals surface area contributed by atoms with Gasteiger partial charge in [0.2, 0.25) is 5.91 Å².